The predicted octanol–water partition coefficient (Wildman–Crippen LogP) is 4.84. The number of hydrogen-bond donors (Lipinski definition) is 0. The van der Waals surface area contributed by atoms with Crippen molar-refractivity contribution in [1.29, 1.82) is 0 Å². The molecule has 37 heavy (non-hydrogen) atoms. The van der Waals surface area contributed by atoms with Crippen LogP contribution in [0.1, 0.15) is 59.9 Å². The first kappa shape index (κ1) is 28.5. The Morgan fingerprint density at radius 1 is 0.946 bits per heavy atom. The van der Waals surface area contributed by atoms with Crippen LogP contribution in [0.5, 0.6) is 5.75 Å². The third-order valence-electron chi connectivity index (χ3n) is 6.06. The van der Waals surface area contributed by atoms with Gasteiger partial charge < -0.3 is 23.7 Å². The number of carbonyl (C=O) groups is 3. The molecule has 0 aromatic heterocycles. The Labute approximate surface area is 217 Å². The minimum atomic E-state index is -1.04. The van der Waals surface area contributed by atoms with E-state index in [1.807, 2.05) is 12.1 Å². The molecule has 9 nitrogen and oxygen atoms in total. The Bertz CT molecular complexity index is 962. The van der Waals surface area contributed by atoms with Crippen molar-refractivity contribution in [3.05, 3.63) is 29.8 Å². The minimum Gasteiger partial charge on any atom is -0.497 e. The first-order valence-electron chi connectivity index (χ1n) is 12.5. The first-order chi connectivity index (χ1) is 17.1. The third-order valence-corrected chi connectivity index (χ3v) is 6.06. The van der Waals surface area contributed by atoms with Crippen LogP contribution in [0.2, 0.25) is 0 Å². The molecule has 0 spiro atoms. The summed E-state index contributed by atoms with van der Waals surface area (Å²) in [5, 5.41) is 0. The lowest BCUT2D eigenvalue weighted by Gasteiger charge is -2.33. The van der Waals surface area contributed by atoms with E-state index in [9.17, 15) is 18.8 Å². The van der Waals surface area contributed by atoms with Crippen LogP contribution in [0.3, 0.4) is 0 Å². The van der Waals surface area contributed by atoms with E-state index in [0.717, 1.165) is 5.56 Å². The van der Waals surface area contributed by atoms with Crippen molar-refractivity contribution in [2.24, 2.45) is 5.92 Å². The number of methoxy groups -OCH3 is 1. The van der Waals surface area contributed by atoms with E-state index in [4.69, 9.17) is 23.7 Å². The van der Waals surface area contributed by atoms with Crippen molar-refractivity contribution >= 4 is 18.2 Å². The lowest BCUT2D eigenvalue weighted by molar-refractivity contribution is -0.166. The van der Waals surface area contributed by atoms with Gasteiger partial charge >= 0.3 is 18.2 Å². The van der Waals surface area contributed by atoms with Gasteiger partial charge in [0.2, 0.25) is 0 Å². The zero-order valence-electron chi connectivity index (χ0n) is 22.6. The Morgan fingerprint density at radius 3 is 2.05 bits per heavy atom. The highest BCUT2D eigenvalue weighted by atomic mass is 19.1. The molecule has 3 atom stereocenters. The summed E-state index contributed by atoms with van der Waals surface area (Å²) in [6.07, 6.45) is -4.17. The molecular formula is C27H38FNO8. The fraction of sp³-hybridized carbons (Fsp3) is 0.667. The molecule has 1 heterocycles. The molecule has 1 amide bonds. The number of esters is 1. The molecule has 1 aliphatic carbocycles. The molecule has 0 bridgehead atoms. The highest BCUT2D eigenvalue weighted by Crippen LogP contribution is 2.35. The monoisotopic (exact) mass is 523 g/mol. The minimum absolute atomic E-state index is 0.0661. The number of alkyl halides is 1. The summed E-state index contributed by atoms with van der Waals surface area (Å²) in [6.45, 7) is 10.3. The molecule has 0 N–H and O–H groups in total. The van der Waals surface area contributed by atoms with E-state index in [2.05, 4.69) is 0 Å². The van der Waals surface area contributed by atoms with Gasteiger partial charge in [-0.25, -0.2) is 14.0 Å². The molecule has 0 unspecified atom stereocenters. The van der Waals surface area contributed by atoms with Crippen molar-refractivity contribution in [3.8, 4) is 5.75 Å². The normalized spacial score (nSPS) is 25.6. The topological polar surface area (TPSA) is 101 Å². The van der Waals surface area contributed by atoms with Gasteiger partial charge in [-0.15, -0.1) is 0 Å². The number of carbonyl (C=O) groups excluding carboxylic acids is 3. The largest absolute Gasteiger partial charge is 0.509 e. The Kier molecular flexibility index (Phi) is 8.59. The van der Waals surface area contributed by atoms with Crippen LogP contribution in [0.15, 0.2) is 24.3 Å². The van der Waals surface area contributed by atoms with E-state index in [-0.39, 0.29) is 25.8 Å². The lowest BCUT2D eigenvalue weighted by atomic mass is 9.83. The smallest absolute Gasteiger partial charge is 0.497 e. The number of benzene rings is 1. The van der Waals surface area contributed by atoms with Crippen LogP contribution in [0.25, 0.3) is 0 Å². The van der Waals surface area contributed by atoms with Crippen LogP contribution >= 0.6 is 0 Å². The van der Waals surface area contributed by atoms with E-state index in [1.54, 1.807) is 60.8 Å². The van der Waals surface area contributed by atoms with Gasteiger partial charge in [0, 0.05) is 0 Å². The molecule has 3 rings (SSSR count). The molecule has 2 aliphatic rings. The first-order valence-corrected chi connectivity index (χ1v) is 12.5. The van der Waals surface area contributed by atoms with E-state index < -0.39 is 59.8 Å². The SMILES string of the molecule is COc1ccc(C[C@@H]2[C@H](OC(=O)C3CC(F)C3)[C@@H](OC(=O)OC(C)(C)C)CN2C(=O)OC(C)(C)C)cc1. The highest BCUT2D eigenvalue weighted by Gasteiger charge is 2.51. The standard InChI is InChI=1S/C27H38FNO8/c1-26(2,3)36-24(31)29-15-21(34-25(32)37-27(4,5)6)22(35-23(30)17-13-18(28)14-17)20(29)12-16-8-10-19(33-7)11-9-16/h8-11,17-18,20-22H,12-15H2,1-7H3/t17?,18?,20-,21+,22+/m1/s1. The Hall–Kier alpha value is -3.04. The second-order valence-electron chi connectivity index (χ2n) is 11.5. The molecule has 2 fully saturated rings. The molecule has 1 saturated carbocycles. The summed E-state index contributed by atoms with van der Waals surface area (Å²) in [7, 11) is 1.56. The molecular weight excluding hydrogens is 485 g/mol. The van der Waals surface area contributed by atoms with Gasteiger partial charge in [-0.1, -0.05) is 12.1 Å². The van der Waals surface area contributed by atoms with Crippen molar-refractivity contribution in [2.45, 2.75) is 96.4 Å². The molecule has 1 saturated heterocycles. The molecule has 1 aliphatic heterocycles. The van der Waals surface area contributed by atoms with Gasteiger partial charge in [-0.3, -0.25) is 9.69 Å². The van der Waals surface area contributed by atoms with Gasteiger partial charge in [0.25, 0.3) is 0 Å². The molecule has 1 aromatic carbocycles. The third kappa shape index (κ3) is 7.97. The summed E-state index contributed by atoms with van der Waals surface area (Å²) in [5.41, 5.74) is -0.747. The lowest BCUT2D eigenvalue weighted by Crippen LogP contribution is -2.46. The Morgan fingerprint density at radius 2 is 1.54 bits per heavy atom. The van der Waals surface area contributed by atoms with Crippen molar-refractivity contribution < 1.29 is 42.5 Å². The number of rotatable bonds is 6. The molecule has 10 heteroatoms. The Balaban J connectivity index is 1.91. The summed E-state index contributed by atoms with van der Waals surface area (Å²) >= 11 is 0. The van der Waals surface area contributed by atoms with Crippen molar-refractivity contribution in [2.75, 3.05) is 13.7 Å². The zero-order chi connectivity index (χ0) is 27.5. The van der Waals surface area contributed by atoms with Crippen LogP contribution in [-0.2, 0) is 30.2 Å². The van der Waals surface area contributed by atoms with E-state index in [1.165, 1.54) is 4.90 Å². The van der Waals surface area contributed by atoms with Crippen LogP contribution in [-0.4, -0.2) is 72.4 Å². The summed E-state index contributed by atoms with van der Waals surface area (Å²) in [4.78, 5) is 40.0. The quantitative estimate of drug-likeness (QED) is 0.386. The fourth-order valence-electron chi connectivity index (χ4n) is 4.25. The molecule has 1 aromatic rings. The van der Waals surface area contributed by atoms with Gasteiger partial charge in [0.05, 0.1) is 25.6 Å². The summed E-state index contributed by atoms with van der Waals surface area (Å²) in [6, 6.07) is 6.54. The average molecular weight is 524 g/mol. The predicted molar refractivity (Wildman–Crippen MR) is 132 cm³/mol. The van der Waals surface area contributed by atoms with Crippen molar-refractivity contribution in [3.63, 3.8) is 0 Å². The van der Waals surface area contributed by atoms with Crippen LogP contribution in [0.4, 0.5) is 14.0 Å². The maximum atomic E-state index is 13.4. The average Bonchev–Trinajstić information content (AvgIpc) is 3.06. The second-order valence-corrected chi connectivity index (χ2v) is 11.5. The summed E-state index contributed by atoms with van der Waals surface area (Å²) < 4.78 is 41.0. The van der Waals surface area contributed by atoms with Gasteiger partial charge in [-0.05, 0) is 78.5 Å². The van der Waals surface area contributed by atoms with Crippen LogP contribution < -0.4 is 4.74 Å². The maximum Gasteiger partial charge on any atom is 0.509 e. The fourth-order valence-corrected chi connectivity index (χ4v) is 4.25. The molecule has 0 radical (unpaired) electrons. The van der Waals surface area contributed by atoms with Crippen LogP contribution in [0, 0.1) is 5.92 Å². The second kappa shape index (κ2) is 11.1. The van der Waals surface area contributed by atoms with Crippen molar-refractivity contribution in [1.82, 2.24) is 4.90 Å². The maximum absolute atomic E-state index is 13.4. The summed E-state index contributed by atoms with van der Waals surface area (Å²) in [5.74, 6) is -0.490. The molecule has 206 valence electrons. The number of likely N-dealkylation sites (tertiary alicyclic amines) is 1. The highest BCUT2D eigenvalue weighted by molar-refractivity contribution is 5.74. The number of amides is 1. The number of nitrogens with zero attached hydrogens (tertiary/aromatic N) is 1. The zero-order valence-corrected chi connectivity index (χ0v) is 22.6. The van der Waals surface area contributed by atoms with Gasteiger partial charge in [0.15, 0.2) is 12.2 Å². The number of ether oxygens (including phenoxy) is 5. The van der Waals surface area contributed by atoms with Gasteiger partial charge in [0.1, 0.15) is 23.1 Å². The van der Waals surface area contributed by atoms with E-state index in [0.29, 0.717) is 5.75 Å². The van der Waals surface area contributed by atoms with E-state index >= 15 is 0 Å². The number of hydrogen-bond acceptors (Lipinski definition) is 8. The van der Waals surface area contributed by atoms with Gasteiger partial charge in [-0.2, -0.15) is 0 Å². The number of halogens is 1.